The molecule has 87 heavy (non-hydrogen) atoms. The Bertz CT molecular complexity index is 1840. The molecule has 0 heterocycles. The molecule has 1 amide bonds. The highest BCUT2D eigenvalue weighted by atomic mass is 31.2. The number of amides is 1. The van der Waals surface area contributed by atoms with Crippen LogP contribution in [0.3, 0.4) is 0 Å². The van der Waals surface area contributed by atoms with E-state index in [-0.39, 0.29) is 12.5 Å². The summed E-state index contributed by atoms with van der Waals surface area (Å²) in [6.07, 6.45) is 100. The van der Waals surface area contributed by atoms with Crippen molar-refractivity contribution < 1.29 is 32.9 Å². The molecule has 0 bridgehead atoms. The molecule has 0 spiro atoms. The number of quaternary nitrogens is 1. The fourth-order valence-electron chi connectivity index (χ4n) is 10.3. The van der Waals surface area contributed by atoms with Crippen molar-refractivity contribution in [2.24, 2.45) is 0 Å². The van der Waals surface area contributed by atoms with Crippen LogP contribution in [0, 0.1) is 0 Å². The fraction of sp³-hybridized carbons (Fsp3) is 0.731. The molecule has 0 aliphatic heterocycles. The average Bonchev–Trinajstić information content (AvgIpc) is 3.69. The highest BCUT2D eigenvalue weighted by molar-refractivity contribution is 7.45. The number of carbonyl (C=O) groups excluding carboxylic acids is 1. The lowest BCUT2D eigenvalue weighted by molar-refractivity contribution is -0.870. The SMILES string of the molecule is CC/C=C\C/C=C\C/C=C\C/C=C\C/C=C\C/C=C\C/C=C\CCCCCCCCCCCCCCCCCCCC(=O)NC(COP(=O)([O-])OCC[N+](C)(C)C)C(O)/C=C/CC/C=C/CC/C=C/CCCCCCCCCCCCCCCCCC. The molecule has 502 valence electrons. The van der Waals surface area contributed by atoms with Crippen molar-refractivity contribution in [2.45, 2.75) is 328 Å². The third-order valence-electron chi connectivity index (χ3n) is 15.9. The maximum atomic E-state index is 13.0. The third-order valence-corrected chi connectivity index (χ3v) is 16.8. The predicted molar refractivity (Wildman–Crippen MR) is 380 cm³/mol. The van der Waals surface area contributed by atoms with Crippen LogP contribution in [0.25, 0.3) is 0 Å². The Morgan fingerprint density at radius 3 is 1.07 bits per heavy atom. The van der Waals surface area contributed by atoms with Crippen molar-refractivity contribution in [1.29, 1.82) is 0 Å². The minimum atomic E-state index is -4.62. The van der Waals surface area contributed by atoms with Crippen LogP contribution in [0.4, 0.5) is 0 Å². The molecule has 0 aromatic carbocycles. The van der Waals surface area contributed by atoms with E-state index < -0.39 is 26.6 Å². The van der Waals surface area contributed by atoms with Crippen molar-refractivity contribution in [3.8, 4) is 0 Å². The molecular weight excluding hydrogens is 1090 g/mol. The Hall–Kier alpha value is -3.10. The molecule has 0 saturated heterocycles. The van der Waals surface area contributed by atoms with Crippen LogP contribution in [-0.2, 0) is 18.4 Å². The second kappa shape index (κ2) is 67.3. The molecule has 0 aliphatic carbocycles. The Morgan fingerprint density at radius 2 is 0.713 bits per heavy atom. The monoisotopic (exact) mass is 1230 g/mol. The number of rotatable bonds is 66. The number of nitrogens with zero attached hydrogens (tertiary/aromatic N) is 1. The van der Waals surface area contributed by atoms with Crippen LogP contribution >= 0.6 is 7.82 Å². The molecular formula is C78H139N2O6P. The van der Waals surface area contributed by atoms with Gasteiger partial charge in [-0.25, -0.2) is 0 Å². The van der Waals surface area contributed by atoms with Gasteiger partial charge >= 0.3 is 0 Å². The molecule has 0 aromatic rings. The van der Waals surface area contributed by atoms with E-state index >= 15 is 0 Å². The standard InChI is InChI=1S/C78H139N2O6P/c1-6-8-10-12-14-16-18-20-22-24-26-28-30-32-34-35-36-37-38-39-40-41-42-43-44-45-46-48-50-52-54-56-58-60-62-64-66-68-70-72-78(82)79-76(75-86-87(83,84)85-74-73-80(3,4)5)77(81)71-69-67-65-63-61-59-57-55-53-51-49-47-33-31-29-27-25-23-21-19-17-15-13-11-9-7-2/h8,10,14,16,20,22,26,28,32,34,36-37,39-40,53,55,61,63,69,71,76-77,81H,6-7,9,11-13,15,17-19,21,23-25,27,29-31,33,35,38,41-52,54,56-60,62,64-68,70,72-75H2,1-5H3,(H-,79,82,83,84)/b10-8-,16-14-,22-20-,28-26-,34-32-,37-36-,40-39-,55-53+,63-61+,71-69+. The molecule has 3 atom stereocenters. The van der Waals surface area contributed by atoms with E-state index in [1.165, 1.54) is 205 Å². The summed E-state index contributed by atoms with van der Waals surface area (Å²) in [6.45, 7) is 4.53. The molecule has 2 N–H and O–H groups in total. The van der Waals surface area contributed by atoms with Crippen molar-refractivity contribution in [3.05, 3.63) is 122 Å². The Balaban J connectivity index is 4.09. The molecule has 8 nitrogen and oxygen atoms in total. The first-order valence-corrected chi connectivity index (χ1v) is 37.9. The van der Waals surface area contributed by atoms with Gasteiger partial charge in [0.15, 0.2) is 0 Å². The lowest BCUT2D eigenvalue weighted by Crippen LogP contribution is -2.45. The largest absolute Gasteiger partial charge is 0.756 e. The van der Waals surface area contributed by atoms with Crippen LogP contribution in [0.1, 0.15) is 316 Å². The van der Waals surface area contributed by atoms with Gasteiger partial charge in [-0.15, -0.1) is 0 Å². The van der Waals surface area contributed by atoms with Crippen molar-refractivity contribution in [1.82, 2.24) is 5.32 Å². The first-order chi connectivity index (χ1) is 42.5. The van der Waals surface area contributed by atoms with Gasteiger partial charge in [-0.1, -0.05) is 328 Å². The topological polar surface area (TPSA) is 108 Å². The van der Waals surface area contributed by atoms with E-state index in [2.05, 4.69) is 129 Å². The van der Waals surface area contributed by atoms with Crippen LogP contribution < -0.4 is 10.2 Å². The van der Waals surface area contributed by atoms with E-state index in [0.717, 1.165) is 89.9 Å². The maximum absolute atomic E-state index is 13.0. The van der Waals surface area contributed by atoms with E-state index in [1.807, 2.05) is 27.2 Å². The Labute approximate surface area is 539 Å². The zero-order chi connectivity index (χ0) is 63.4. The number of unbranched alkanes of at least 4 members (excludes halogenated alkanes) is 35. The predicted octanol–water partition coefficient (Wildman–Crippen LogP) is 23.0. The minimum Gasteiger partial charge on any atom is -0.756 e. The number of nitrogens with one attached hydrogen (secondary N) is 1. The van der Waals surface area contributed by atoms with Gasteiger partial charge in [-0.3, -0.25) is 9.36 Å². The zero-order valence-corrected chi connectivity index (χ0v) is 58.3. The van der Waals surface area contributed by atoms with Gasteiger partial charge in [0.1, 0.15) is 13.2 Å². The van der Waals surface area contributed by atoms with Gasteiger partial charge in [0.2, 0.25) is 5.91 Å². The molecule has 0 saturated carbocycles. The summed E-state index contributed by atoms with van der Waals surface area (Å²) in [6, 6.07) is -0.917. The minimum absolute atomic E-state index is 0.0124. The fourth-order valence-corrected chi connectivity index (χ4v) is 11.0. The summed E-state index contributed by atoms with van der Waals surface area (Å²) in [5.41, 5.74) is 0. The molecule has 3 unspecified atom stereocenters. The second-order valence-electron chi connectivity index (χ2n) is 25.5. The van der Waals surface area contributed by atoms with Gasteiger partial charge in [0.25, 0.3) is 7.82 Å². The second-order valence-corrected chi connectivity index (χ2v) is 27.0. The molecule has 0 aliphatic rings. The summed E-state index contributed by atoms with van der Waals surface area (Å²) in [7, 11) is 1.23. The van der Waals surface area contributed by atoms with Crippen LogP contribution in [0.15, 0.2) is 122 Å². The number of allylic oxidation sites excluding steroid dienone is 19. The Kier molecular flexibility index (Phi) is 64.9. The van der Waals surface area contributed by atoms with E-state index in [1.54, 1.807) is 6.08 Å². The molecule has 0 rings (SSSR count). The number of hydrogen-bond acceptors (Lipinski definition) is 6. The highest BCUT2D eigenvalue weighted by Crippen LogP contribution is 2.38. The summed E-state index contributed by atoms with van der Waals surface area (Å²) in [5, 5.41) is 13.9. The number of phosphoric acid groups is 1. The molecule has 9 heteroatoms. The zero-order valence-electron chi connectivity index (χ0n) is 57.4. The maximum Gasteiger partial charge on any atom is 0.268 e. The Morgan fingerprint density at radius 1 is 0.414 bits per heavy atom. The number of likely N-dealkylation sites (N-methyl/N-ethyl adjacent to an activating group) is 1. The van der Waals surface area contributed by atoms with Gasteiger partial charge in [0, 0.05) is 6.42 Å². The van der Waals surface area contributed by atoms with Crippen LogP contribution in [-0.4, -0.2) is 68.5 Å². The van der Waals surface area contributed by atoms with Crippen LogP contribution in [0.5, 0.6) is 0 Å². The number of aliphatic hydroxyl groups excluding tert-OH is 1. The van der Waals surface area contributed by atoms with Gasteiger partial charge in [-0.2, -0.15) is 0 Å². The molecule has 0 fully saturated rings. The van der Waals surface area contributed by atoms with Gasteiger partial charge in [-0.05, 0) is 103 Å². The van der Waals surface area contributed by atoms with Crippen molar-refractivity contribution in [3.63, 3.8) is 0 Å². The normalized spacial score (nSPS) is 14.3. The van der Waals surface area contributed by atoms with Gasteiger partial charge in [0.05, 0.1) is 39.9 Å². The number of aliphatic hydroxyl groups is 1. The number of phosphoric ester groups is 1. The summed E-state index contributed by atoms with van der Waals surface area (Å²) < 4.78 is 23.4. The first kappa shape index (κ1) is 83.9. The first-order valence-electron chi connectivity index (χ1n) is 36.4. The van der Waals surface area contributed by atoms with Gasteiger partial charge < -0.3 is 28.8 Å². The van der Waals surface area contributed by atoms with E-state index in [4.69, 9.17) is 9.05 Å². The summed E-state index contributed by atoms with van der Waals surface area (Å²) in [4.78, 5) is 25.6. The van der Waals surface area contributed by atoms with E-state index in [0.29, 0.717) is 17.4 Å². The molecule has 0 radical (unpaired) electrons. The lowest BCUT2D eigenvalue weighted by Gasteiger charge is -2.29. The van der Waals surface area contributed by atoms with Crippen molar-refractivity contribution in [2.75, 3.05) is 40.9 Å². The van der Waals surface area contributed by atoms with Crippen molar-refractivity contribution >= 4 is 13.7 Å². The highest BCUT2D eigenvalue weighted by Gasteiger charge is 2.23. The van der Waals surface area contributed by atoms with Crippen LogP contribution in [0.2, 0.25) is 0 Å². The lowest BCUT2D eigenvalue weighted by atomic mass is 10.0. The smallest absolute Gasteiger partial charge is 0.268 e. The van der Waals surface area contributed by atoms with E-state index in [9.17, 15) is 19.4 Å². The third kappa shape index (κ3) is 70.2. The quantitative estimate of drug-likeness (QED) is 0.0272. The summed E-state index contributed by atoms with van der Waals surface area (Å²) >= 11 is 0. The number of hydrogen-bond donors (Lipinski definition) is 2. The summed E-state index contributed by atoms with van der Waals surface area (Å²) in [5.74, 6) is -0.211. The number of carbonyl (C=O) groups is 1. The average molecular weight is 1230 g/mol. The molecule has 0 aromatic heterocycles.